The van der Waals surface area contributed by atoms with Gasteiger partial charge in [-0.2, -0.15) is 0 Å². The molecule has 1 N–H and O–H groups in total. The van der Waals surface area contributed by atoms with Crippen molar-refractivity contribution in [1.29, 1.82) is 0 Å². The van der Waals surface area contributed by atoms with E-state index in [0.29, 0.717) is 6.04 Å². The molecule has 22 heavy (non-hydrogen) atoms. The smallest absolute Gasteiger partial charge is 0.251 e. The summed E-state index contributed by atoms with van der Waals surface area (Å²) in [6, 6.07) is 8.29. The maximum Gasteiger partial charge on any atom is 0.251 e. The number of rotatable bonds is 3. The summed E-state index contributed by atoms with van der Waals surface area (Å²) >= 11 is 3.43. The molecule has 1 aliphatic carbocycles. The summed E-state index contributed by atoms with van der Waals surface area (Å²) in [4.78, 5) is 15.0. The highest BCUT2D eigenvalue weighted by atomic mass is 79.9. The van der Waals surface area contributed by atoms with E-state index in [-0.39, 0.29) is 11.9 Å². The monoisotopic (exact) mass is 366 g/mol. The van der Waals surface area contributed by atoms with Crippen LogP contribution in [0.1, 0.15) is 36.0 Å². The first-order valence-corrected chi connectivity index (χ1v) is 8.91. The number of nitrogens with one attached hydrogen (secondary N) is 1. The summed E-state index contributed by atoms with van der Waals surface area (Å²) in [6.45, 7) is 3.58. The van der Waals surface area contributed by atoms with Crippen molar-refractivity contribution in [2.45, 2.75) is 37.8 Å². The third-order valence-corrected chi connectivity index (χ3v) is 5.14. The molecule has 120 valence electrons. The van der Waals surface area contributed by atoms with Crippen molar-refractivity contribution >= 4 is 21.8 Å². The summed E-state index contributed by atoms with van der Waals surface area (Å²) < 4.78 is 6.39. The van der Waals surface area contributed by atoms with Crippen molar-refractivity contribution < 1.29 is 9.53 Å². The fourth-order valence-electron chi connectivity index (χ4n) is 3.51. The first kappa shape index (κ1) is 16.0. The van der Waals surface area contributed by atoms with Gasteiger partial charge in [0.25, 0.3) is 5.91 Å². The van der Waals surface area contributed by atoms with Crippen LogP contribution in [0.2, 0.25) is 0 Å². The number of halogens is 1. The maximum atomic E-state index is 12.5. The van der Waals surface area contributed by atoms with Gasteiger partial charge < -0.3 is 10.1 Å². The van der Waals surface area contributed by atoms with Gasteiger partial charge in [0, 0.05) is 35.2 Å². The molecule has 1 aromatic rings. The SMILES string of the molecule is O=C(N[C@@H]1CCCC[C@H]1N1CCOCC1)c1cccc(Br)c1. The molecule has 0 unspecified atom stereocenters. The molecule has 3 rings (SSSR count). The summed E-state index contributed by atoms with van der Waals surface area (Å²) in [5.74, 6) is 0.0338. The lowest BCUT2D eigenvalue weighted by Gasteiger charge is -2.41. The molecule has 0 radical (unpaired) electrons. The van der Waals surface area contributed by atoms with Crippen molar-refractivity contribution in [3.63, 3.8) is 0 Å². The minimum Gasteiger partial charge on any atom is -0.379 e. The van der Waals surface area contributed by atoms with Crippen LogP contribution in [-0.4, -0.2) is 49.2 Å². The fourth-order valence-corrected chi connectivity index (χ4v) is 3.91. The van der Waals surface area contributed by atoms with E-state index in [1.807, 2.05) is 24.3 Å². The largest absolute Gasteiger partial charge is 0.379 e. The number of ether oxygens (including phenoxy) is 1. The number of carbonyl (C=O) groups is 1. The Hall–Kier alpha value is -0.910. The van der Waals surface area contributed by atoms with Gasteiger partial charge in [0.1, 0.15) is 0 Å². The molecule has 1 heterocycles. The molecule has 1 saturated carbocycles. The molecule has 2 aliphatic rings. The number of hydrogen-bond acceptors (Lipinski definition) is 3. The average molecular weight is 367 g/mol. The molecule has 1 saturated heterocycles. The summed E-state index contributed by atoms with van der Waals surface area (Å²) in [6.07, 6.45) is 4.70. The highest BCUT2D eigenvalue weighted by Gasteiger charge is 2.32. The van der Waals surface area contributed by atoms with Crippen LogP contribution in [-0.2, 0) is 4.74 Å². The van der Waals surface area contributed by atoms with Gasteiger partial charge >= 0.3 is 0 Å². The van der Waals surface area contributed by atoms with Gasteiger partial charge in [-0.3, -0.25) is 9.69 Å². The normalized spacial score (nSPS) is 26.6. The van der Waals surface area contributed by atoms with Gasteiger partial charge in [0.05, 0.1) is 13.2 Å². The lowest BCUT2D eigenvalue weighted by molar-refractivity contribution is 0.000126. The van der Waals surface area contributed by atoms with Crippen LogP contribution >= 0.6 is 15.9 Å². The number of carbonyl (C=O) groups excluding carboxylic acids is 1. The molecule has 1 amide bonds. The Labute approximate surface area is 140 Å². The van der Waals surface area contributed by atoms with E-state index >= 15 is 0 Å². The van der Waals surface area contributed by atoms with E-state index < -0.39 is 0 Å². The van der Waals surface area contributed by atoms with Crippen LogP contribution in [0, 0.1) is 0 Å². The van der Waals surface area contributed by atoms with Crippen molar-refractivity contribution in [2.24, 2.45) is 0 Å². The summed E-state index contributed by atoms with van der Waals surface area (Å²) in [5, 5.41) is 3.27. The third-order valence-electron chi connectivity index (χ3n) is 4.65. The highest BCUT2D eigenvalue weighted by Crippen LogP contribution is 2.24. The third kappa shape index (κ3) is 3.89. The fraction of sp³-hybridized carbons (Fsp3) is 0.588. The molecule has 4 nitrogen and oxygen atoms in total. The Balaban J connectivity index is 1.67. The van der Waals surface area contributed by atoms with Gasteiger partial charge in [-0.25, -0.2) is 0 Å². The highest BCUT2D eigenvalue weighted by molar-refractivity contribution is 9.10. The minimum atomic E-state index is 0.0338. The lowest BCUT2D eigenvalue weighted by Crippen LogP contribution is -2.55. The quantitative estimate of drug-likeness (QED) is 0.893. The molecule has 2 atom stereocenters. The molecule has 0 spiro atoms. The molecule has 0 aromatic heterocycles. The van der Waals surface area contributed by atoms with Crippen LogP contribution < -0.4 is 5.32 Å². The predicted molar refractivity (Wildman–Crippen MR) is 90.0 cm³/mol. The Morgan fingerprint density at radius 1 is 1.23 bits per heavy atom. The standard InChI is InChI=1S/C17H23BrN2O2/c18-14-5-3-4-13(12-14)17(21)19-15-6-1-2-7-16(15)20-8-10-22-11-9-20/h3-5,12,15-16H,1-2,6-11H2,(H,19,21)/t15-,16-/m1/s1. The van der Waals surface area contributed by atoms with E-state index in [0.717, 1.165) is 42.8 Å². The summed E-state index contributed by atoms with van der Waals surface area (Å²) in [7, 11) is 0. The maximum absolute atomic E-state index is 12.5. The van der Waals surface area contributed by atoms with E-state index in [1.54, 1.807) is 0 Å². The number of nitrogens with zero attached hydrogens (tertiary/aromatic N) is 1. The van der Waals surface area contributed by atoms with E-state index in [9.17, 15) is 4.79 Å². The Bertz CT molecular complexity index is 517. The second kappa shape index (κ2) is 7.57. The molecule has 1 aliphatic heterocycles. The zero-order chi connectivity index (χ0) is 15.4. The zero-order valence-electron chi connectivity index (χ0n) is 12.8. The van der Waals surface area contributed by atoms with Crippen molar-refractivity contribution in [2.75, 3.05) is 26.3 Å². The number of hydrogen-bond donors (Lipinski definition) is 1. The first-order chi connectivity index (χ1) is 10.7. The van der Waals surface area contributed by atoms with Crippen molar-refractivity contribution in [1.82, 2.24) is 10.2 Å². The molecular weight excluding hydrogens is 344 g/mol. The van der Waals surface area contributed by atoms with E-state index in [1.165, 1.54) is 19.3 Å². The van der Waals surface area contributed by atoms with Gasteiger partial charge in [0.15, 0.2) is 0 Å². The van der Waals surface area contributed by atoms with Crippen LogP contribution in [0.25, 0.3) is 0 Å². The first-order valence-electron chi connectivity index (χ1n) is 8.12. The van der Waals surface area contributed by atoms with E-state index in [2.05, 4.69) is 26.1 Å². The minimum absolute atomic E-state index is 0.0338. The molecule has 2 fully saturated rings. The topological polar surface area (TPSA) is 41.6 Å². The Morgan fingerprint density at radius 3 is 2.77 bits per heavy atom. The lowest BCUT2D eigenvalue weighted by atomic mass is 9.88. The predicted octanol–water partition coefficient (Wildman–Crippen LogP) is 2.82. The molecule has 5 heteroatoms. The number of benzene rings is 1. The van der Waals surface area contributed by atoms with Crippen molar-refractivity contribution in [3.8, 4) is 0 Å². The molecular formula is C17H23BrN2O2. The Morgan fingerprint density at radius 2 is 2.00 bits per heavy atom. The van der Waals surface area contributed by atoms with Crippen LogP contribution in [0.5, 0.6) is 0 Å². The van der Waals surface area contributed by atoms with Gasteiger partial charge in [-0.05, 0) is 31.0 Å². The second-order valence-electron chi connectivity index (χ2n) is 6.09. The summed E-state index contributed by atoms with van der Waals surface area (Å²) in [5.41, 5.74) is 0.723. The number of morpholine rings is 1. The van der Waals surface area contributed by atoms with Crippen LogP contribution in [0.4, 0.5) is 0 Å². The zero-order valence-corrected chi connectivity index (χ0v) is 14.3. The average Bonchev–Trinajstić information content (AvgIpc) is 2.56. The van der Waals surface area contributed by atoms with E-state index in [4.69, 9.17) is 4.74 Å². The Kier molecular flexibility index (Phi) is 5.50. The second-order valence-corrected chi connectivity index (χ2v) is 7.01. The molecule has 0 bridgehead atoms. The van der Waals surface area contributed by atoms with Gasteiger partial charge in [0.2, 0.25) is 0 Å². The van der Waals surface area contributed by atoms with Crippen LogP contribution in [0.15, 0.2) is 28.7 Å². The van der Waals surface area contributed by atoms with Gasteiger partial charge in [-0.1, -0.05) is 34.8 Å². The molecule has 1 aromatic carbocycles. The van der Waals surface area contributed by atoms with Gasteiger partial charge in [-0.15, -0.1) is 0 Å². The number of amides is 1. The van der Waals surface area contributed by atoms with Crippen LogP contribution in [0.3, 0.4) is 0 Å². The van der Waals surface area contributed by atoms with Crippen molar-refractivity contribution in [3.05, 3.63) is 34.3 Å².